The summed E-state index contributed by atoms with van der Waals surface area (Å²) in [6.45, 7) is 0. The highest BCUT2D eigenvalue weighted by atomic mass is 79.9. The maximum atomic E-state index is 13.3. The van der Waals surface area contributed by atoms with E-state index in [2.05, 4.69) is 22.0 Å². The van der Waals surface area contributed by atoms with Gasteiger partial charge in [0.15, 0.2) is 0 Å². The number of nitrogens with zero attached hydrogens (tertiary/aromatic N) is 1. The van der Waals surface area contributed by atoms with Gasteiger partial charge in [0.05, 0.1) is 16.1 Å². The van der Waals surface area contributed by atoms with Crippen molar-refractivity contribution in [2.24, 2.45) is 0 Å². The highest BCUT2D eigenvalue weighted by Crippen LogP contribution is 2.27. The number of hydrogen-bond acceptors (Lipinski definition) is 1. The second kappa shape index (κ2) is 6.13. The molecule has 0 N–H and O–H groups in total. The Bertz CT molecular complexity index is 917. The van der Waals surface area contributed by atoms with Gasteiger partial charge in [0.2, 0.25) is 0 Å². The van der Waals surface area contributed by atoms with Gasteiger partial charge in [0.25, 0.3) is 0 Å². The Morgan fingerprint density at radius 1 is 1.05 bits per heavy atom. The van der Waals surface area contributed by atoms with Gasteiger partial charge in [-0.3, -0.25) is 0 Å². The molecule has 0 saturated heterocycles. The molecule has 3 rings (SSSR count). The van der Waals surface area contributed by atoms with E-state index in [0.29, 0.717) is 10.0 Å². The molecule has 0 radical (unpaired) electrons. The number of allylic oxidation sites excluding steroid dienone is 1. The van der Waals surface area contributed by atoms with E-state index in [1.807, 2.05) is 42.5 Å². The van der Waals surface area contributed by atoms with Crippen LogP contribution in [0.5, 0.6) is 0 Å². The Morgan fingerprint density at radius 3 is 2.59 bits per heavy atom. The summed E-state index contributed by atoms with van der Waals surface area (Å²) in [5, 5.41) is 11.6. The van der Waals surface area contributed by atoms with Gasteiger partial charge in [0.1, 0.15) is 5.82 Å². The van der Waals surface area contributed by atoms with E-state index >= 15 is 0 Å². The number of nitriles is 1. The van der Waals surface area contributed by atoms with Gasteiger partial charge in [-0.15, -0.1) is 0 Å². The van der Waals surface area contributed by atoms with Gasteiger partial charge in [-0.25, -0.2) is 4.39 Å². The molecule has 3 aromatic rings. The lowest BCUT2D eigenvalue weighted by Gasteiger charge is -2.06. The molecule has 0 saturated carbocycles. The average molecular weight is 352 g/mol. The molecular formula is C19H11BrFN. The average Bonchev–Trinajstić information content (AvgIpc) is 2.55. The second-order valence-corrected chi connectivity index (χ2v) is 5.72. The fourth-order valence-corrected chi connectivity index (χ4v) is 2.80. The van der Waals surface area contributed by atoms with Gasteiger partial charge in [-0.1, -0.05) is 48.5 Å². The van der Waals surface area contributed by atoms with Gasteiger partial charge in [-0.2, -0.15) is 5.26 Å². The van der Waals surface area contributed by atoms with Crippen molar-refractivity contribution in [2.75, 3.05) is 0 Å². The quantitative estimate of drug-likeness (QED) is 0.422. The SMILES string of the molecule is N#C/C(=C/c1ccc(F)c(Br)c1)c1cccc2ccccc12. The molecule has 0 amide bonds. The van der Waals surface area contributed by atoms with Crippen LogP contribution in [0.2, 0.25) is 0 Å². The van der Waals surface area contributed by atoms with Crippen molar-refractivity contribution in [1.29, 1.82) is 5.26 Å². The molecule has 106 valence electrons. The summed E-state index contributed by atoms with van der Waals surface area (Å²) >= 11 is 3.17. The highest BCUT2D eigenvalue weighted by molar-refractivity contribution is 9.10. The number of rotatable bonds is 2. The standard InChI is InChI=1S/C19H11BrFN/c20-18-11-13(8-9-19(18)21)10-15(12-22)17-7-3-5-14-4-1-2-6-16(14)17/h1-11H/b15-10-. The Balaban J connectivity index is 2.16. The molecule has 0 aliphatic carbocycles. The maximum absolute atomic E-state index is 13.3. The van der Waals surface area contributed by atoms with Crippen molar-refractivity contribution in [2.45, 2.75) is 0 Å². The molecule has 22 heavy (non-hydrogen) atoms. The van der Waals surface area contributed by atoms with E-state index in [-0.39, 0.29) is 5.82 Å². The summed E-state index contributed by atoms with van der Waals surface area (Å²) < 4.78 is 13.7. The Labute approximate surface area is 136 Å². The molecule has 1 nitrogen and oxygen atoms in total. The fourth-order valence-electron chi connectivity index (χ4n) is 2.40. The molecule has 0 atom stereocenters. The first kappa shape index (κ1) is 14.5. The summed E-state index contributed by atoms with van der Waals surface area (Å²) in [5.74, 6) is -0.319. The van der Waals surface area contributed by atoms with Crippen molar-refractivity contribution >= 4 is 38.4 Å². The minimum Gasteiger partial charge on any atom is -0.206 e. The third-order valence-electron chi connectivity index (χ3n) is 3.45. The third kappa shape index (κ3) is 2.79. The van der Waals surface area contributed by atoms with Gasteiger partial charge >= 0.3 is 0 Å². The van der Waals surface area contributed by atoms with E-state index in [1.54, 1.807) is 18.2 Å². The summed E-state index contributed by atoms with van der Waals surface area (Å²) in [5.41, 5.74) is 2.20. The fraction of sp³-hybridized carbons (Fsp3) is 0. The van der Waals surface area contributed by atoms with Crippen LogP contribution in [0.1, 0.15) is 11.1 Å². The smallest absolute Gasteiger partial charge is 0.137 e. The molecule has 0 aliphatic heterocycles. The molecule has 0 fully saturated rings. The third-order valence-corrected chi connectivity index (χ3v) is 4.06. The van der Waals surface area contributed by atoms with Crippen LogP contribution in [-0.4, -0.2) is 0 Å². The number of benzene rings is 3. The largest absolute Gasteiger partial charge is 0.206 e. The van der Waals surface area contributed by atoms with Crippen molar-refractivity contribution in [1.82, 2.24) is 0 Å². The lowest BCUT2D eigenvalue weighted by Crippen LogP contribution is -1.86. The Hall–Kier alpha value is -2.44. The Morgan fingerprint density at radius 2 is 1.82 bits per heavy atom. The molecule has 0 spiro atoms. The van der Waals surface area contributed by atoms with Crippen LogP contribution in [0, 0.1) is 17.1 Å². The van der Waals surface area contributed by atoms with Crippen LogP contribution >= 0.6 is 15.9 Å². The van der Waals surface area contributed by atoms with Gasteiger partial charge < -0.3 is 0 Å². The first-order chi connectivity index (χ1) is 10.7. The maximum Gasteiger partial charge on any atom is 0.137 e. The van der Waals surface area contributed by atoms with E-state index in [1.165, 1.54) is 6.07 Å². The second-order valence-electron chi connectivity index (χ2n) is 4.87. The molecular weight excluding hydrogens is 341 g/mol. The molecule has 0 aliphatic rings. The number of hydrogen-bond donors (Lipinski definition) is 0. The lowest BCUT2D eigenvalue weighted by atomic mass is 9.97. The first-order valence-corrected chi connectivity index (χ1v) is 7.53. The summed E-state index contributed by atoms with van der Waals surface area (Å²) in [7, 11) is 0. The molecule has 3 heteroatoms. The topological polar surface area (TPSA) is 23.8 Å². The normalized spacial score (nSPS) is 11.4. The van der Waals surface area contributed by atoms with E-state index < -0.39 is 0 Å². The van der Waals surface area contributed by atoms with E-state index in [9.17, 15) is 9.65 Å². The predicted molar refractivity (Wildman–Crippen MR) is 91.5 cm³/mol. The number of fused-ring (bicyclic) bond motifs is 1. The van der Waals surface area contributed by atoms with Crippen LogP contribution in [-0.2, 0) is 0 Å². The van der Waals surface area contributed by atoms with Crippen molar-refractivity contribution in [3.63, 3.8) is 0 Å². The zero-order valence-corrected chi connectivity index (χ0v) is 13.1. The predicted octanol–water partition coefficient (Wildman–Crippen LogP) is 5.81. The van der Waals surface area contributed by atoms with E-state index in [4.69, 9.17) is 0 Å². The summed E-state index contributed by atoms with van der Waals surface area (Å²) in [6, 6.07) is 20.8. The molecule has 0 heterocycles. The van der Waals surface area contributed by atoms with Crippen molar-refractivity contribution in [3.05, 3.63) is 82.1 Å². The van der Waals surface area contributed by atoms with E-state index in [0.717, 1.165) is 21.9 Å². The zero-order valence-electron chi connectivity index (χ0n) is 11.6. The molecule has 0 bridgehead atoms. The Kier molecular flexibility index (Phi) is 4.04. The monoisotopic (exact) mass is 351 g/mol. The first-order valence-electron chi connectivity index (χ1n) is 6.74. The highest BCUT2D eigenvalue weighted by Gasteiger charge is 2.07. The van der Waals surface area contributed by atoms with Crippen molar-refractivity contribution < 1.29 is 4.39 Å². The molecule has 3 aromatic carbocycles. The van der Waals surface area contributed by atoms with Crippen LogP contribution in [0.25, 0.3) is 22.4 Å². The van der Waals surface area contributed by atoms with Crippen molar-refractivity contribution in [3.8, 4) is 6.07 Å². The number of halogens is 2. The van der Waals surface area contributed by atoms with Crippen LogP contribution < -0.4 is 0 Å². The lowest BCUT2D eigenvalue weighted by molar-refractivity contribution is 0.621. The minimum atomic E-state index is -0.319. The van der Waals surface area contributed by atoms with Gasteiger partial charge in [-0.05, 0) is 50.5 Å². The molecule has 0 aromatic heterocycles. The van der Waals surface area contributed by atoms with Crippen LogP contribution in [0.15, 0.2) is 65.1 Å². The summed E-state index contributed by atoms with van der Waals surface area (Å²) in [6.07, 6.45) is 1.77. The van der Waals surface area contributed by atoms with Crippen LogP contribution in [0.4, 0.5) is 4.39 Å². The zero-order chi connectivity index (χ0) is 15.5. The molecule has 0 unspecified atom stereocenters. The minimum absolute atomic E-state index is 0.319. The van der Waals surface area contributed by atoms with Gasteiger partial charge in [0, 0.05) is 5.56 Å². The van der Waals surface area contributed by atoms with Crippen LogP contribution in [0.3, 0.4) is 0 Å². The summed E-state index contributed by atoms with van der Waals surface area (Å²) in [4.78, 5) is 0.